The van der Waals surface area contributed by atoms with Gasteiger partial charge in [0.25, 0.3) is 0 Å². The molecule has 0 spiro atoms. The highest BCUT2D eigenvalue weighted by molar-refractivity contribution is 5.90. The molecule has 0 atom stereocenters. The SMILES string of the molecule is CCCCOC(=O)c1ccc(F)c([N+](=O)[O-])c1. The quantitative estimate of drug-likeness (QED) is 0.344. The molecule has 0 fully saturated rings. The van der Waals surface area contributed by atoms with Crippen molar-refractivity contribution in [2.45, 2.75) is 19.8 Å². The second kappa shape index (κ2) is 5.93. The standard InChI is InChI=1S/C11H12FNO4/c1-2-3-6-17-11(14)8-4-5-9(12)10(7-8)13(15)16/h4-5,7H,2-3,6H2,1H3. The van der Waals surface area contributed by atoms with Crippen molar-refractivity contribution in [1.82, 2.24) is 0 Å². The van der Waals surface area contributed by atoms with Crippen LogP contribution in [-0.2, 0) is 4.74 Å². The van der Waals surface area contributed by atoms with Crippen LogP contribution in [0.4, 0.5) is 10.1 Å². The first-order chi connectivity index (χ1) is 8.06. The number of nitrogens with zero attached hydrogens (tertiary/aromatic N) is 1. The average Bonchev–Trinajstić information content (AvgIpc) is 2.29. The van der Waals surface area contributed by atoms with Crippen molar-refractivity contribution in [1.29, 1.82) is 0 Å². The molecule has 6 heteroatoms. The molecule has 1 rings (SSSR count). The van der Waals surface area contributed by atoms with Crippen molar-refractivity contribution in [2.24, 2.45) is 0 Å². The summed E-state index contributed by atoms with van der Waals surface area (Å²) in [6.45, 7) is 2.19. The maximum Gasteiger partial charge on any atom is 0.338 e. The largest absolute Gasteiger partial charge is 0.462 e. The summed E-state index contributed by atoms with van der Waals surface area (Å²) in [4.78, 5) is 21.0. The van der Waals surface area contributed by atoms with Gasteiger partial charge in [-0.15, -0.1) is 0 Å². The van der Waals surface area contributed by atoms with Crippen LogP contribution in [0.1, 0.15) is 30.1 Å². The van der Waals surface area contributed by atoms with Gasteiger partial charge in [-0.1, -0.05) is 13.3 Å². The van der Waals surface area contributed by atoms with Crippen LogP contribution >= 0.6 is 0 Å². The zero-order chi connectivity index (χ0) is 12.8. The van der Waals surface area contributed by atoms with Crippen LogP contribution < -0.4 is 0 Å². The van der Waals surface area contributed by atoms with Crippen LogP contribution in [0.3, 0.4) is 0 Å². The number of esters is 1. The number of ether oxygens (including phenoxy) is 1. The number of rotatable bonds is 5. The number of carbonyl (C=O) groups is 1. The lowest BCUT2D eigenvalue weighted by Crippen LogP contribution is -2.07. The van der Waals surface area contributed by atoms with E-state index in [-0.39, 0.29) is 12.2 Å². The third kappa shape index (κ3) is 3.51. The van der Waals surface area contributed by atoms with E-state index in [9.17, 15) is 19.3 Å². The second-order valence-electron chi connectivity index (χ2n) is 3.41. The Morgan fingerprint density at radius 3 is 2.82 bits per heavy atom. The van der Waals surface area contributed by atoms with Gasteiger partial charge in [-0.3, -0.25) is 10.1 Å². The molecular weight excluding hydrogens is 229 g/mol. The minimum absolute atomic E-state index is 0.0193. The zero-order valence-electron chi connectivity index (χ0n) is 9.31. The summed E-state index contributed by atoms with van der Waals surface area (Å²) in [6.07, 6.45) is 1.59. The lowest BCUT2D eigenvalue weighted by atomic mass is 10.2. The molecule has 0 aliphatic carbocycles. The van der Waals surface area contributed by atoms with Gasteiger partial charge in [-0.25, -0.2) is 4.79 Å². The average molecular weight is 241 g/mol. The van der Waals surface area contributed by atoms with Gasteiger partial charge in [-0.2, -0.15) is 4.39 Å². The first kappa shape index (κ1) is 13.1. The van der Waals surface area contributed by atoms with Gasteiger partial charge in [0.1, 0.15) is 0 Å². The lowest BCUT2D eigenvalue weighted by Gasteiger charge is -2.03. The third-order valence-electron chi connectivity index (χ3n) is 2.11. The van der Waals surface area contributed by atoms with E-state index >= 15 is 0 Å². The van der Waals surface area contributed by atoms with Crippen molar-refractivity contribution in [3.05, 3.63) is 39.7 Å². The summed E-state index contributed by atoms with van der Waals surface area (Å²) in [5.74, 6) is -1.65. The molecule has 0 unspecified atom stereocenters. The third-order valence-corrected chi connectivity index (χ3v) is 2.11. The van der Waals surface area contributed by atoms with Gasteiger partial charge in [-0.05, 0) is 18.6 Å². The first-order valence-corrected chi connectivity index (χ1v) is 5.17. The summed E-state index contributed by atoms with van der Waals surface area (Å²) in [5.41, 5.74) is -0.746. The molecule has 5 nitrogen and oxygen atoms in total. The molecule has 0 saturated heterocycles. The molecule has 0 heterocycles. The Balaban J connectivity index is 2.81. The van der Waals surface area contributed by atoms with E-state index < -0.39 is 22.4 Å². The molecule has 0 bridgehead atoms. The van der Waals surface area contributed by atoms with Crippen molar-refractivity contribution >= 4 is 11.7 Å². The van der Waals surface area contributed by atoms with Crippen LogP contribution in [-0.4, -0.2) is 17.5 Å². The van der Waals surface area contributed by atoms with E-state index in [1.807, 2.05) is 6.92 Å². The van der Waals surface area contributed by atoms with E-state index in [0.717, 1.165) is 31.0 Å². The molecule has 0 N–H and O–H groups in total. The van der Waals surface area contributed by atoms with Gasteiger partial charge in [0.15, 0.2) is 0 Å². The predicted octanol–water partition coefficient (Wildman–Crippen LogP) is 2.69. The number of carbonyl (C=O) groups excluding carboxylic acids is 1. The number of hydrogen-bond acceptors (Lipinski definition) is 4. The molecule has 0 radical (unpaired) electrons. The first-order valence-electron chi connectivity index (χ1n) is 5.17. The molecule has 0 amide bonds. The minimum Gasteiger partial charge on any atom is -0.462 e. The Labute approximate surface area is 97.3 Å². The van der Waals surface area contributed by atoms with Crippen molar-refractivity contribution in [3.63, 3.8) is 0 Å². The number of nitro benzene ring substituents is 1. The normalized spacial score (nSPS) is 10.0. The summed E-state index contributed by atoms with van der Waals surface area (Å²) in [7, 11) is 0. The smallest absolute Gasteiger partial charge is 0.338 e. The highest BCUT2D eigenvalue weighted by Gasteiger charge is 2.17. The highest BCUT2D eigenvalue weighted by Crippen LogP contribution is 2.19. The van der Waals surface area contributed by atoms with Gasteiger partial charge >= 0.3 is 11.7 Å². The monoisotopic (exact) mass is 241 g/mol. The Hall–Kier alpha value is -1.98. The predicted molar refractivity (Wildman–Crippen MR) is 58.2 cm³/mol. The van der Waals surface area contributed by atoms with Crippen LogP contribution in [0, 0.1) is 15.9 Å². The minimum atomic E-state index is -0.972. The molecule has 1 aromatic carbocycles. The van der Waals surface area contributed by atoms with Gasteiger partial charge in [0.2, 0.25) is 5.82 Å². The molecule has 0 aliphatic heterocycles. The molecule has 0 aromatic heterocycles. The molecule has 0 aliphatic rings. The van der Waals surface area contributed by atoms with Crippen molar-refractivity contribution < 1.29 is 18.8 Å². The zero-order valence-corrected chi connectivity index (χ0v) is 9.31. The van der Waals surface area contributed by atoms with Crippen molar-refractivity contribution in [2.75, 3.05) is 6.61 Å². The highest BCUT2D eigenvalue weighted by atomic mass is 19.1. The van der Waals surface area contributed by atoms with Crippen LogP contribution in [0.15, 0.2) is 18.2 Å². The summed E-state index contributed by atoms with van der Waals surface area (Å²) >= 11 is 0. The Morgan fingerprint density at radius 1 is 1.53 bits per heavy atom. The van der Waals surface area contributed by atoms with Gasteiger partial charge in [0.05, 0.1) is 17.1 Å². The van der Waals surface area contributed by atoms with Gasteiger partial charge < -0.3 is 4.74 Å². The molecule has 0 saturated carbocycles. The number of nitro groups is 1. The summed E-state index contributed by atoms with van der Waals surface area (Å²) in [6, 6.07) is 2.93. The maximum atomic E-state index is 13.0. The Kier molecular flexibility index (Phi) is 4.56. The lowest BCUT2D eigenvalue weighted by molar-refractivity contribution is -0.387. The van der Waals surface area contributed by atoms with E-state index in [1.54, 1.807) is 0 Å². The summed E-state index contributed by atoms with van der Waals surface area (Å²) in [5, 5.41) is 10.5. The van der Waals surface area contributed by atoms with E-state index in [2.05, 4.69) is 0 Å². The van der Waals surface area contributed by atoms with E-state index in [1.165, 1.54) is 0 Å². The van der Waals surface area contributed by atoms with Crippen LogP contribution in [0.5, 0.6) is 0 Å². The van der Waals surface area contributed by atoms with Crippen molar-refractivity contribution in [3.8, 4) is 0 Å². The van der Waals surface area contributed by atoms with Crippen LogP contribution in [0.2, 0.25) is 0 Å². The number of hydrogen-bond donors (Lipinski definition) is 0. The molecular formula is C11H12FNO4. The molecule has 17 heavy (non-hydrogen) atoms. The van der Waals surface area contributed by atoms with E-state index in [4.69, 9.17) is 4.74 Å². The number of halogens is 1. The topological polar surface area (TPSA) is 69.4 Å². The van der Waals surface area contributed by atoms with Gasteiger partial charge in [0, 0.05) is 6.07 Å². The maximum absolute atomic E-state index is 13.0. The fourth-order valence-electron chi connectivity index (χ4n) is 1.17. The Morgan fingerprint density at radius 2 is 2.24 bits per heavy atom. The molecule has 1 aromatic rings. The fraction of sp³-hybridized carbons (Fsp3) is 0.364. The Bertz CT molecular complexity index is 433. The van der Waals surface area contributed by atoms with Crippen LogP contribution in [0.25, 0.3) is 0 Å². The second-order valence-corrected chi connectivity index (χ2v) is 3.41. The number of benzene rings is 1. The fourth-order valence-corrected chi connectivity index (χ4v) is 1.17. The number of unbranched alkanes of at least 4 members (excludes halogenated alkanes) is 1. The summed E-state index contributed by atoms with van der Waals surface area (Å²) < 4.78 is 17.9. The molecule has 92 valence electrons. The van der Waals surface area contributed by atoms with E-state index in [0.29, 0.717) is 0 Å².